The zero-order valence-corrected chi connectivity index (χ0v) is 22.1. The third-order valence-electron chi connectivity index (χ3n) is 6.61. The van der Waals surface area contributed by atoms with E-state index in [1.54, 1.807) is 11.9 Å². The second-order valence-corrected chi connectivity index (χ2v) is 10.2. The van der Waals surface area contributed by atoms with Gasteiger partial charge < -0.3 is 19.4 Å². The maximum absolute atomic E-state index is 13.2. The molecule has 190 valence electrons. The van der Waals surface area contributed by atoms with Gasteiger partial charge in [-0.05, 0) is 55.5 Å². The van der Waals surface area contributed by atoms with Crippen molar-refractivity contribution in [2.75, 3.05) is 45.9 Å². The normalized spacial score (nSPS) is 15.2. The van der Waals surface area contributed by atoms with Gasteiger partial charge in [0.25, 0.3) is 5.56 Å². The summed E-state index contributed by atoms with van der Waals surface area (Å²) in [5, 5.41) is 9.19. The van der Waals surface area contributed by atoms with Crippen LogP contribution in [0, 0.1) is 6.92 Å². The number of hydrogen-bond acceptors (Lipinski definition) is 7. The highest BCUT2D eigenvalue weighted by Gasteiger charge is 2.21. The number of β-amino-alcohol motifs (C(OH)–C–C–N with tert-alkyl or cyclic N) is 1. The Balaban J connectivity index is 1.70. The van der Waals surface area contributed by atoms with Gasteiger partial charge >= 0.3 is 0 Å². The molecule has 0 bridgehead atoms. The van der Waals surface area contributed by atoms with Gasteiger partial charge in [-0.3, -0.25) is 9.69 Å². The first-order valence-electron chi connectivity index (χ1n) is 12.6. The number of aryl methyl sites for hydroxylation is 2. The van der Waals surface area contributed by atoms with Crippen LogP contribution in [0.1, 0.15) is 37.9 Å². The summed E-state index contributed by atoms with van der Waals surface area (Å²) >= 11 is 1.72. The van der Waals surface area contributed by atoms with E-state index < -0.39 is 0 Å². The Labute approximate surface area is 211 Å². The molecule has 0 saturated carbocycles. The molecular formula is C26H37N5O3S. The van der Waals surface area contributed by atoms with Crippen LogP contribution < -0.4 is 10.3 Å². The van der Waals surface area contributed by atoms with E-state index in [1.807, 2.05) is 17.7 Å². The average Bonchev–Trinajstić information content (AvgIpc) is 3.10. The van der Waals surface area contributed by atoms with Crippen molar-refractivity contribution in [3.63, 3.8) is 0 Å². The number of aliphatic hydroxyl groups is 1. The highest BCUT2D eigenvalue weighted by atomic mass is 32.2. The Morgan fingerprint density at radius 1 is 1.17 bits per heavy atom. The molecule has 4 rings (SSSR count). The van der Waals surface area contributed by atoms with Crippen LogP contribution in [0.15, 0.2) is 27.9 Å². The van der Waals surface area contributed by atoms with E-state index in [2.05, 4.69) is 47.1 Å². The minimum absolute atomic E-state index is 0.127. The molecule has 1 aliphatic rings. The van der Waals surface area contributed by atoms with Crippen molar-refractivity contribution in [2.45, 2.75) is 44.9 Å². The van der Waals surface area contributed by atoms with Gasteiger partial charge in [0.1, 0.15) is 17.1 Å². The molecular weight excluding hydrogens is 462 g/mol. The monoisotopic (exact) mass is 499 g/mol. The Hall–Kier alpha value is -2.33. The van der Waals surface area contributed by atoms with Crippen LogP contribution >= 0.6 is 11.9 Å². The molecule has 0 unspecified atom stereocenters. The molecule has 1 aliphatic heterocycles. The number of aliphatic hydroxyl groups excluding tert-OH is 1. The highest BCUT2D eigenvalue weighted by molar-refractivity contribution is 7.97. The van der Waals surface area contributed by atoms with Gasteiger partial charge in [0.05, 0.1) is 24.3 Å². The molecule has 9 heteroatoms. The van der Waals surface area contributed by atoms with Crippen LogP contribution in [0.2, 0.25) is 0 Å². The predicted octanol–water partition coefficient (Wildman–Crippen LogP) is 3.60. The fourth-order valence-electron chi connectivity index (χ4n) is 4.63. The number of piperazine rings is 1. The highest BCUT2D eigenvalue weighted by Crippen LogP contribution is 2.35. The molecule has 0 atom stereocenters. The molecule has 0 amide bonds. The molecule has 1 fully saturated rings. The summed E-state index contributed by atoms with van der Waals surface area (Å²) in [6, 6.07) is 6.14. The quantitative estimate of drug-likeness (QED) is 0.412. The van der Waals surface area contributed by atoms with Crippen molar-refractivity contribution in [1.82, 2.24) is 23.7 Å². The molecule has 3 aromatic rings. The summed E-state index contributed by atoms with van der Waals surface area (Å²) in [5.74, 6) is 1.28. The van der Waals surface area contributed by atoms with Crippen LogP contribution in [0.5, 0.6) is 5.75 Å². The molecule has 2 aromatic heterocycles. The minimum atomic E-state index is -0.127. The molecule has 0 spiro atoms. The number of fused-ring (bicyclic) bond motifs is 1. The Kier molecular flexibility index (Phi) is 8.54. The lowest BCUT2D eigenvalue weighted by molar-refractivity contribution is 0.156. The van der Waals surface area contributed by atoms with Gasteiger partial charge in [0, 0.05) is 50.4 Å². The van der Waals surface area contributed by atoms with Crippen molar-refractivity contribution in [2.24, 2.45) is 7.05 Å². The van der Waals surface area contributed by atoms with Gasteiger partial charge in [-0.15, -0.1) is 0 Å². The molecule has 1 aromatic carbocycles. The largest absolute Gasteiger partial charge is 0.493 e. The van der Waals surface area contributed by atoms with Gasteiger partial charge in [-0.1, -0.05) is 20.3 Å². The number of ether oxygens (including phenoxy) is 1. The second kappa shape index (κ2) is 11.6. The van der Waals surface area contributed by atoms with Crippen molar-refractivity contribution >= 4 is 23.0 Å². The molecule has 3 heterocycles. The number of nitrogens with one attached hydrogen (secondary N) is 1. The van der Waals surface area contributed by atoms with Crippen LogP contribution in [0.3, 0.4) is 0 Å². The van der Waals surface area contributed by atoms with E-state index in [9.17, 15) is 9.90 Å². The van der Waals surface area contributed by atoms with Crippen molar-refractivity contribution in [3.8, 4) is 17.1 Å². The fourth-order valence-corrected chi connectivity index (χ4v) is 5.57. The standard InChI is InChI=1S/C26H37N5O3S/c1-5-7-20-18(3)29(4)24-23(20)27-25(28-26(24)33)21-17-19(8-9-22(21)34-16-6-2)35-31-12-10-30(11-13-31)14-15-32/h8-9,17,32H,5-7,10-16H2,1-4H3,(H,27,28,33). The maximum Gasteiger partial charge on any atom is 0.275 e. The fraction of sp³-hybridized carbons (Fsp3) is 0.538. The van der Waals surface area contributed by atoms with Crippen molar-refractivity contribution < 1.29 is 9.84 Å². The molecule has 2 N–H and O–H groups in total. The number of aromatic amines is 1. The van der Waals surface area contributed by atoms with Crippen molar-refractivity contribution in [3.05, 3.63) is 39.8 Å². The maximum atomic E-state index is 13.2. The number of aromatic nitrogens is 3. The van der Waals surface area contributed by atoms with Crippen LogP contribution in [-0.2, 0) is 13.5 Å². The number of H-pyrrole nitrogens is 1. The molecule has 0 aliphatic carbocycles. The summed E-state index contributed by atoms with van der Waals surface area (Å²) in [7, 11) is 1.93. The van der Waals surface area contributed by atoms with E-state index in [0.717, 1.165) is 85.0 Å². The predicted molar refractivity (Wildman–Crippen MR) is 142 cm³/mol. The van der Waals surface area contributed by atoms with Crippen LogP contribution in [0.25, 0.3) is 22.4 Å². The van der Waals surface area contributed by atoms with Gasteiger partial charge in [-0.25, -0.2) is 9.29 Å². The summed E-state index contributed by atoms with van der Waals surface area (Å²) in [6.45, 7) is 11.6. The third kappa shape index (κ3) is 5.58. The van der Waals surface area contributed by atoms with Crippen LogP contribution in [-0.4, -0.2) is 74.8 Å². The summed E-state index contributed by atoms with van der Waals surface area (Å²) in [5.41, 5.74) is 4.31. The lowest BCUT2D eigenvalue weighted by atomic mass is 10.1. The number of nitrogens with zero attached hydrogens (tertiary/aromatic N) is 4. The van der Waals surface area contributed by atoms with Gasteiger partial charge in [-0.2, -0.15) is 0 Å². The van der Waals surface area contributed by atoms with Gasteiger partial charge in [0.2, 0.25) is 0 Å². The zero-order chi connectivity index (χ0) is 24.9. The summed E-state index contributed by atoms with van der Waals surface area (Å²) in [6.07, 6.45) is 2.78. The lowest BCUT2D eigenvalue weighted by Crippen LogP contribution is -2.44. The molecule has 8 nitrogen and oxygen atoms in total. The van der Waals surface area contributed by atoms with Gasteiger partial charge in [0.15, 0.2) is 0 Å². The molecule has 1 saturated heterocycles. The Morgan fingerprint density at radius 3 is 2.63 bits per heavy atom. The van der Waals surface area contributed by atoms with E-state index in [4.69, 9.17) is 9.72 Å². The minimum Gasteiger partial charge on any atom is -0.493 e. The first-order chi connectivity index (χ1) is 17.0. The van der Waals surface area contributed by atoms with E-state index >= 15 is 0 Å². The second-order valence-electron chi connectivity index (χ2n) is 9.08. The molecule has 35 heavy (non-hydrogen) atoms. The third-order valence-corrected chi connectivity index (χ3v) is 7.69. The first-order valence-corrected chi connectivity index (χ1v) is 13.4. The number of benzene rings is 1. The summed E-state index contributed by atoms with van der Waals surface area (Å²) in [4.78, 5) is 24.6. The van der Waals surface area contributed by atoms with Crippen molar-refractivity contribution in [1.29, 1.82) is 0 Å². The smallest absolute Gasteiger partial charge is 0.275 e. The Bertz CT molecular complexity index is 1210. The zero-order valence-electron chi connectivity index (χ0n) is 21.3. The SMILES string of the molecule is CCCOc1ccc(SN2CCN(CCO)CC2)cc1-c1nc2c(CCC)c(C)n(C)c2c(=O)[nH]1. The van der Waals surface area contributed by atoms with E-state index in [1.165, 1.54) is 0 Å². The van der Waals surface area contributed by atoms with Crippen LogP contribution in [0.4, 0.5) is 0 Å². The first kappa shape index (κ1) is 25.8. The molecule has 0 radical (unpaired) electrons. The number of hydrogen-bond donors (Lipinski definition) is 2. The average molecular weight is 500 g/mol. The van der Waals surface area contributed by atoms with E-state index in [0.29, 0.717) is 17.9 Å². The Morgan fingerprint density at radius 2 is 1.94 bits per heavy atom. The number of rotatable bonds is 10. The lowest BCUT2D eigenvalue weighted by Gasteiger charge is -2.33. The summed E-state index contributed by atoms with van der Waals surface area (Å²) < 4.78 is 10.4. The van der Waals surface area contributed by atoms with E-state index in [-0.39, 0.29) is 12.2 Å². The topological polar surface area (TPSA) is 86.6 Å².